The second-order valence-corrected chi connectivity index (χ2v) is 5.72. The fourth-order valence-electron chi connectivity index (χ4n) is 2.57. The van der Waals surface area contributed by atoms with E-state index in [2.05, 4.69) is 5.32 Å². The highest BCUT2D eigenvalue weighted by Crippen LogP contribution is 2.25. The SMILES string of the molecule is Cc1cc(OC(C)C(=O)NC2CCCC2)c(C)cc1N. The zero-order valence-electron chi connectivity index (χ0n) is 12.5. The Labute approximate surface area is 120 Å². The molecule has 0 radical (unpaired) electrons. The van der Waals surface area contributed by atoms with Crippen molar-refractivity contribution >= 4 is 11.6 Å². The van der Waals surface area contributed by atoms with Gasteiger partial charge in [0, 0.05) is 11.7 Å². The maximum atomic E-state index is 12.1. The van der Waals surface area contributed by atoms with E-state index in [-0.39, 0.29) is 5.91 Å². The van der Waals surface area contributed by atoms with Gasteiger partial charge in [0.05, 0.1) is 0 Å². The van der Waals surface area contributed by atoms with Gasteiger partial charge in [-0.3, -0.25) is 4.79 Å². The molecule has 1 unspecified atom stereocenters. The molecule has 1 atom stereocenters. The Bertz CT molecular complexity index is 493. The van der Waals surface area contributed by atoms with Gasteiger partial charge in [0.1, 0.15) is 5.75 Å². The summed E-state index contributed by atoms with van der Waals surface area (Å²) in [5.41, 5.74) is 8.52. The van der Waals surface area contributed by atoms with E-state index >= 15 is 0 Å². The number of rotatable bonds is 4. The molecule has 1 saturated carbocycles. The molecule has 0 bridgehead atoms. The Balaban J connectivity index is 1.98. The summed E-state index contributed by atoms with van der Waals surface area (Å²) in [6, 6.07) is 4.10. The second-order valence-electron chi connectivity index (χ2n) is 5.72. The summed E-state index contributed by atoms with van der Waals surface area (Å²) >= 11 is 0. The second kappa shape index (κ2) is 6.16. The molecular formula is C16H24N2O2. The smallest absolute Gasteiger partial charge is 0.260 e. The molecule has 1 aromatic carbocycles. The standard InChI is InChI=1S/C16H24N2O2/c1-10-9-15(11(2)8-14(10)17)20-12(3)16(19)18-13-6-4-5-7-13/h8-9,12-13H,4-7,17H2,1-3H3,(H,18,19). The maximum absolute atomic E-state index is 12.1. The zero-order valence-corrected chi connectivity index (χ0v) is 12.5. The number of ether oxygens (including phenoxy) is 1. The average molecular weight is 276 g/mol. The monoisotopic (exact) mass is 276 g/mol. The molecule has 110 valence electrons. The van der Waals surface area contributed by atoms with Crippen LogP contribution in [0.4, 0.5) is 5.69 Å². The molecule has 20 heavy (non-hydrogen) atoms. The molecule has 1 amide bonds. The number of nitrogen functional groups attached to an aromatic ring is 1. The number of carbonyl (C=O) groups excluding carboxylic acids is 1. The van der Waals surface area contributed by atoms with E-state index in [9.17, 15) is 4.79 Å². The third kappa shape index (κ3) is 3.44. The van der Waals surface area contributed by atoms with Gasteiger partial charge in [0.15, 0.2) is 6.10 Å². The zero-order chi connectivity index (χ0) is 14.7. The van der Waals surface area contributed by atoms with Gasteiger partial charge in [-0.15, -0.1) is 0 Å². The molecule has 0 saturated heterocycles. The van der Waals surface area contributed by atoms with Crippen LogP contribution in [-0.2, 0) is 4.79 Å². The Morgan fingerprint density at radius 1 is 1.30 bits per heavy atom. The van der Waals surface area contributed by atoms with Gasteiger partial charge in [0.2, 0.25) is 0 Å². The molecular weight excluding hydrogens is 252 g/mol. The van der Waals surface area contributed by atoms with Gasteiger partial charge in [0.25, 0.3) is 5.91 Å². The van der Waals surface area contributed by atoms with Gasteiger partial charge in [-0.25, -0.2) is 0 Å². The number of hydrogen-bond donors (Lipinski definition) is 2. The molecule has 1 aliphatic carbocycles. The van der Waals surface area contributed by atoms with Crippen LogP contribution in [0.15, 0.2) is 12.1 Å². The lowest BCUT2D eigenvalue weighted by Gasteiger charge is -2.19. The van der Waals surface area contributed by atoms with Crippen LogP contribution >= 0.6 is 0 Å². The van der Waals surface area contributed by atoms with Crippen molar-refractivity contribution < 1.29 is 9.53 Å². The van der Waals surface area contributed by atoms with Crippen molar-refractivity contribution in [1.29, 1.82) is 0 Å². The highest BCUT2D eigenvalue weighted by Gasteiger charge is 2.22. The molecule has 2 rings (SSSR count). The minimum Gasteiger partial charge on any atom is -0.481 e. The Hall–Kier alpha value is -1.71. The fourth-order valence-corrected chi connectivity index (χ4v) is 2.57. The normalized spacial score (nSPS) is 16.9. The topological polar surface area (TPSA) is 64.3 Å². The number of nitrogens with two attached hydrogens (primary N) is 1. The van der Waals surface area contributed by atoms with Crippen molar-refractivity contribution in [1.82, 2.24) is 5.32 Å². The van der Waals surface area contributed by atoms with E-state index in [1.165, 1.54) is 12.8 Å². The quantitative estimate of drug-likeness (QED) is 0.831. The van der Waals surface area contributed by atoms with E-state index in [1.807, 2.05) is 26.0 Å². The number of nitrogens with one attached hydrogen (secondary N) is 1. The van der Waals surface area contributed by atoms with Gasteiger partial charge in [-0.1, -0.05) is 12.8 Å². The first-order chi connectivity index (χ1) is 9.47. The van der Waals surface area contributed by atoms with E-state index in [4.69, 9.17) is 10.5 Å². The fraction of sp³-hybridized carbons (Fsp3) is 0.562. The lowest BCUT2D eigenvalue weighted by atomic mass is 10.1. The van der Waals surface area contributed by atoms with Gasteiger partial charge in [-0.2, -0.15) is 0 Å². The van der Waals surface area contributed by atoms with Crippen molar-refractivity contribution in [3.8, 4) is 5.75 Å². The number of carbonyl (C=O) groups is 1. The van der Waals surface area contributed by atoms with Crippen LogP contribution in [-0.4, -0.2) is 18.1 Å². The Morgan fingerprint density at radius 3 is 2.60 bits per heavy atom. The summed E-state index contributed by atoms with van der Waals surface area (Å²) in [6.07, 6.45) is 4.08. The molecule has 4 heteroatoms. The molecule has 4 nitrogen and oxygen atoms in total. The number of aryl methyl sites for hydroxylation is 2. The summed E-state index contributed by atoms with van der Waals surface area (Å²) < 4.78 is 5.79. The van der Waals surface area contributed by atoms with Crippen molar-refractivity contribution in [2.45, 2.75) is 58.6 Å². The Morgan fingerprint density at radius 2 is 1.95 bits per heavy atom. The number of anilines is 1. The van der Waals surface area contributed by atoms with Crippen LogP contribution in [0.3, 0.4) is 0 Å². The molecule has 0 aliphatic heterocycles. The Kier molecular flexibility index (Phi) is 4.53. The summed E-state index contributed by atoms with van der Waals surface area (Å²) in [7, 11) is 0. The van der Waals surface area contributed by atoms with E-state index in [0.29, 0.717) is 6.04 Å². The summed E-state index contributed by atoms with van der Waals surface area (Å²) in [4.78, 5) is 12.1. The number of amides is 1. The molecule has 1 aliphatic rings. The highest BCUT2D eigenvalue weighted by atomic mass is 16.5. The number of hydrogen-bond acceptors (Lipinski definition) is 3. The maximum Gasteiger partial charge on any atom is 0.260 e. The molecule has 1 aromatic rings. The van der Waals surface area contributed by atoms with Gasteiger partial charge >= 0.3 is 0 Å². The van der Waals surface area contributed by atoms with Gasteiger partial charge in [-0.05, 0) is 56.9 Å². The summed E-state index contributed by atoms with van der Waals surface area (Å²) in [6.45, 7) is 5.66. The predicted octanol–water partition coefficient (Wildman–Crippen LogP) is 2.71. The van der Waals surface area contributed by atoms with Crippen molar-refractivity contribution in [2.75, 3.05) is 5.73 Å². The lowest BCUT2D eigenvalue weighted by molar-refractivity contribution is -0.127. The molecule has 0 spiro atoms. The van der Waals surface area contributed by atoms with E-state index in [0.717, 1.165) is 35.4 Å². The molecule has 3 N–H and O–H groups in total. The lowest BCUT2D eigenvalue weighted by Crippen LogP contribution is -2.41. The van der Waals surface area contributed by atoms with Crippen molar-refractivity contribution in [3.63, 3.8) is 0 Å². The summed E-state index contributed by atoms with van der Waals surface area (Å²) in [5, 5.41) is 3.06. The first-order valence-corrected chi connectivity index (χ1v) is 7.31. The van der Waals surface area contributed by atoms with Gasteiger partial charge < -0.3 is 15.8 Å². The molecule has 1 fully saturated rings. The average Bonchev–Trinajstić information content (AvgIpc) is 2.88. The van der Waals surface area contributed by atoms with E-state index in [1.54, 1.807) is 6.92 Å². The van der Waals surface area contributed by atoms with E-state index < -0.39 is 6.10 Å². The first kappa shape index (κ1) is 14.7. The van der Waals surface area contributed by atoms with Crippen LogP contribution < -0.4 is 15.8 Å². The predicted molar refractivity (Wildman–Crippen MR) is 80.8 cm³/mol. The summed E-state index contributed by atoms with van der Waals surface area (Å²) in [5.74, 6) is 0.691. The highest BCUT2D eigenvalue weighted by molar-refractivity contribution is 5.81. The first-order valence-electron chi connectivity index (χ1n) is 7.31. The molecule has 0 aromatic heterocycles. The van der Waals surface area contributed by atoms with Crippen molar-refractivity contribution in [2.24, 2.45) is 0 Å². The third-order valence-electron chi connectivity index (χ3n) is 3.94. The third-order valence-corrected chi connectivity index (χ3v) is 3.94. The van der Waals surface area contributed by atoms with Crippen LogP contribution in [0.1, 0.15) is 43.7 Å². The number of benzene rings is 1. The van der Waals surface area contributed by atoms with Crippen LogP contribution in [0, 0.1) is 13.8 Å². The minimum atomic E-state index is -0.489. The largest absolute Gasteiger partial charge is 0.481 e. The van der Waals surface area contributed by atoms with Crippen molar-refractivity contribution in [3.05, 3.63) is 23.3 Å². The minimum absolute atomic E-state index is 0.0363. The van der Waals surface area contributed by atoms with Crippen LogP contribution in [0.2, 0.25) is 0 Å². The molecule has 0 heterocycles. The van der Waals surface area contributed by atoms with Crippen LogP contribution in [0.25, 0.3) is 0 Å². The van der Waals surface area contributed by atoms with Crippen LogP contribution in [0.5, 0.6) is 5.75 Å².